The summed E-state index contributed by atoms with van der Waals surface area (Å²) < 4.78 is 5.42. The van der Waals surface area contributed by atoms with Gasteiger partial charge in [0.05, 0.1) is 6.21 Å². The Morgan fingerprint density at radius 3 is 2.69 bits per heavy atom. The zero-order valence-electron chi connectivity index (χ0n) is 9.60. The predicted octanol–water partition coefficient (Wildman–Crippen LogP) is 1.68. The van der Waals surface area contributed by atoms with Gasteiger partial charge in [-0.3, -0.25) is 0 Å². The number of aryl methyl sites for hydroxylation is 2. The van der Waals surface area contributed by atoms with Crippen molar-refractivity contribution in [1.82, 2.24) is 0 Å². The van der Waals surface area contributed by atoms with Crippen molar-refractivity contribution in [2.45, 2.75) is 20.3 Å². The van der Waals surface area contributed by atoms with Crippen molar-refractivity contribution in [3.05, 3.63) is 28.8 Å². The van der Waals surface area contributed by atoms with Crippen LogP contribution in [0.4, 0.5) is 0 Å². The summed E-state index contributed by atoms with van der Waals surface area (Å²) >= 11 is 0. The van der Waals surface area contributed by atoms with E-state index in [4.69, 9.17) is 15.1 Å². The highest BCUT2D eigenvalue weighted by Crippen LogP contribution is 2.23. The molecule has 0 radical (unpaired) electrons. The molecule has 0 saturated carbocycles. The van der Waals surface area contributed by atoms with Gasteiger partial charge in [-0.05, 0) is 43.0 Å². The molecule has 1 aromatic carbocycles. The van der Waals surface area contributed by atoms with Crippen molar-refractivity contribution < 1.29 is 15.1 Å². The van der Waals surface area contributed by atoms with E-state index in [-0.39, 0.29) is 13.2 Å². The van der Waals surface area contributed by atoms with Crippen LogP contribution < -0.4 is 4.74 Å². The smallest absolute Gasteiger partial charge is 0.127 e. The molecule has 1 aromatic rings. The zero-order valence-corrected chi connectivity index (χ0v) is 9.60. The lowest BCUT2D eigenvalue weighted by atomic mass is 10.0. The number of nitrogens with zero attached hydrogens (tertiary/aromatic N) is 1. The van der Waals surface area contributed by atoms with Crippen LogP contribution >= 0.6 is 0 Å². The maximum absolute atomic E-state index is 8.90. The summed E-state index contributed by atoms with van der Waals surface area (Å²) in [6, 6.07) is 3.95. The summed E-state index contributed by atoms with van der Waals surface area (Å²) in [4.78, 5) is 0. The van der Waals surface area contributed by atoms with Crippen LogP contribution in [-0.4, -0.2) is 29.7 Å². The van der Waals surface area contributed by atoms with Crippen molar-refractivity contribution >= 4 is 6.21 Å². The Balaban J connectivity index is 2.83. The molecule has 16 heavy (non-hydrogen) atoms. The summed E-state index contributed by atoms with van der Waals surface area (Å²) in [7, 11) is 0. The third-order valence-electron chi connectivity index (χ3n) is 2.41. The van der Waals surface area contributed by atoms with Crippen molar-refractivity contribution in [2.75, 3.05) is 13.2 Å². The van der Waals surface area contributed by atoms with Gasteiger partial charge >= 0.3 is 0 Å². The first-order chi connectivity index (χ1) is 7.69. The fourth-order valence-electron chi connectivity index (χ4n) is 1.56. The molecule has 4 heteroatoms. The van der Waals surface area contributed by atoms with E-state index in [0.29, 0.717) is 6.42 Å². The van der Waals surface area contributed by atoms with E-state index in [0.717, 1.165) is 22.4 Å². The standard InChI is InChI=1S/C12H17NO3/c1-9-8-12(16-6-4-13-15)10(2)7-11(9)3-5-14/h4,7-8,14-15H,3,5-6H2,1-2H3. The van der Waals surface area contributed by atoms with E-state index in [1.165, 1.54) is 6.21 Å². The van der Waals surface area contributed by atoms with Crippen LogP contribution in [0.15, 0.2) is 17.3 Å². The van der Waals surface area contributed by atoms with E-state index in [1.807, 2.05) is 26.0 Å². The third kappa shape index (κ3) is 3.24. The van der Waals surface area contributed by atoms with Crippen LogP contribution in [0.2, 0.25) is 0 Å². The molecule has 0 spiro atoms. The van der Waals surface area contributed by atoms with Gasteiger partial charge in [0.1, 0.15) is 12.4 Å². The van der Waals surface area contributed by atoms with Gasteiger partial charge in [-0.1, -0.05) is 11.2 Å². The minimum absolute atomic E-state index is 0.150. The number of oxime groups is 1. The molecule has 0 bridgehead atoms. The number of hydrogen-bond acceptors (Lipinski definition) is 4. The monoisotopic (exact) mass is 223 g/mol. The third-order valence-corrected chi connectivity index (χ3v) is 2.41. The number of benzene rings is 1. The van der Waals surface area contributed by atoms with Gasteiger partial charge in [-0.2, -0.15) is 0 Å². The lowest BCUT2D eigenvalue weighted by molar-refractivity contribution is 0.299. The van der Waals surface area contributed by atoms with Crippen LogP contribution in [0.25, 0.3) is 0 Å². The van der Waals surface area contributed by atoms with Gasteiger partial charge in [0, 0.05) is 6.61 Å². The molecule has 0 heterocycles. The Hall–Kier alpha value is -1.55. The summed E-state index contributed by atoms with van der Waals surface area (Å²) in [6.45, 7) is 4.33. The first-order valence-corrected chi connectivity index (χ1v) is 5.18. The molecule has 2 N–H and O–H groups in total. The first-order valence-electron chi connectivity index (χ1n) is 5.18. The number of rotatable bonds is 5. The number of hydrogen-bond donors (Lipinski definition) is 2. The van der Waals surface area contributed by atoms with Crippen LogP contribution in [0.5, 0.6) is 5.75 Å². The molecule has 0 saturated heterocycles. The average molecular weight is 223 g/mol. The topological polar surface area (TPSA) is 62.0 Å². The molecule has 0 amide bonds. The van der Waals surface area contributed by atoms with E-state index in [1.54, 1.807) is 0 Å². The van der Waals surface area contributed by atoms with Crippen molar-refractivity contribution in [1.29, 1.82) is 0 Å². The number of ether oxygens (including phenoxy) is 1. The average Bonchev–Trinajstić information content (AvgIpc) is 2.25. The highest BCUT2D eigenvalue weighted by atomic mass is 16.5. The summed E-state index contributed by atoms with van der Waals surface area (Å²) in [5.74, 6) is 0.777. The van der Waals surface area contributed by atoms with Crippen molar-refractivity contribution in [3.8, 4) is 5.75 Å². The number of aliphatic hydroxyl groups excluding tert-OH is 1. The molecular weight excluding hydrogens is 206 g/mol. The van der Waals surface area contributed by atoms with E-state index < -0.39 is 0 Å². The molecule has 0 unspecified atom stereocenters. The van der Waals surface area contributed by atoms with Crippen LogP contribution in [0, 0.1) is 13.8 Å². The maximum atomic E-state index is 8.90. The lowest BCUT2D eigenvalue weighted by Gasteiger charge is -2.11. The Morgan fingerprint density at radius 1 is 1.31 bits per heavy atom. The minimum Gasteiger partial charge on any atom is -0.488 e. The molecule has 1 rings (SSSR count). The minimum atomic E-state index is 0.150. The summed E-state index contributed by atoms with van der Waals surface area (Å²) in [6.07, 6.45) is 1.95. The molecule has 0 aromatic heterocycles. The van der Waals surface area contributed by atoms with E-state index >= 15 is 0 Å². The summed E-state index contributed by atoms with van der Waals surface area (Å²) in [5.41, 5.74) is 3.24. The Bertz CT molecular complexity index is 375. The molecule has 0 aliphatic rings. The first kappa shape index (κ1) is 12.5. The molecule has 0 aliphatic heterocycles. The van der Waals surface area contributed by atoms with E-state index in [9.17, 15) is 0 Å². The fraction of sp³-hybridized carbons (Fsp3) is 0.417. The SMILES string of the molecule is Cc1cc(OCC=NO)c(C)cc1CCO. The quantitative estimate of drug-likeness (QED) is 0.453. The largest absolute Gasteiger partial charge is 0.488 e. The van der Waals surface area contributed by atoms with Crippen molar-refractivity contribution in [2.24, 2.45) is 5.16 Å². The predicted molar refractivity (Wildman–Crippen MR) is 62.5 cm³/mol. The second kappa shape index (κ2) is 6.12. The van der Waals surface area contributed by atoms with Crippen molar-refractivity contribution in [3.63, 3.8) is 0 Å². The zero-order chi connectivity index (χ0) is 12.0. The maximum Gasteiger partial charge on any atom is 0.127 e. The Morgan fingerprint density at radius 2 is 2.06 bits per heavy atom. The van der Waals surface area contributed by atoms with Gasteiger partial charge in [0.2, 0.25) is 0 Å². The van der Waals surface area contributed by atoms with Crippen LogP contribution in [0.1, 0.15) is 16.7 Å². The molecule has 0 fully saturated rings. The normalized spacial score (nSPS) is 10.9. The van der Waals surface area contributed by atoms with Gasteiger partial charge in [0.15, 0.2) is 0 Å². The van der Waals surface area contributed by atoms with Gasteiger partial charge in [0.25, 0.3) is 0 Å². The molecule has 88 valence electrons. The molecule has 0 aliphatic carbocycles. The highest BCUT2D eigenvalue weighted by Gasteiger charge is 2.04. The van der Waals surface area contributed by atoms with Gasteiger partial charge < -0.3 is 15.1 Å². The molecule has 0 atom stereocenters. The Labute approximate surface area is 95.2 Å². The number of aliphatic hydroxyl groups is 1. The molecular formula is C12H17NO3. The Kier molecular flexibility index (Phi) is 4.79. The van der Waals surface area contributed by atoms with Gasteiger partial charge in [-0.15, -0.1) is 0 Å². The fourth-order valence-corrected chi connectivity index (χ4v) is 1.56. The second-order valence-corrected chi connectivity index (χ2v) is 3.63. The molecule has 4 nitrogen and oxygen atoms in total. The summed E-state index contributed by atoms with van der Waals surface area (Å²) in [5, 5.41) is 20.0. The highest BCUT2D eigenvalue weighted by molar-refractivity contribution is 5.58. The second-order valence-electron chi connectivity index (χ2n) is 3.63. The lowest BCUT2D eigenvalue weighted by Crippen LogP contribution is -2.02. The van der Waals surface area contributed by atoms with Crippen LogP contribution in [0.3, 0.4) is 0 Å². The van der Waals surface area contributed by atoms with Crippen LogP contribution in [-0.2, 0) is 6.42 Å². The van der Waals surface area contributed by atoms with E-state index in [2.05, 4.69) is 5.16 Å². The van der Waals surface area contributed by atoms with Gasteiger partial charge in [-0.25, -0.2) is 0 Å².